The fraction of sp³-hybridized carbons (Fsp3) is 0.846. The number of carboxylic acids is 1. The Kier molecular flexibility index (Phi) is 5.86. The van der Waals surface area contributed by atoms with Crippen molar-refractivity contribution in [2.75, 3.05) is 26.2 Å². The summed E-state index contributed by atoms with van der Waals surface area (Å²) in [5.74, 6) is -3.28. The van der Waals surface area contributed by atoms with Crippen LogP contribution in [0, 0.1) is 11.8 Å². The average Bonchev–Trinajstić information content (AvgIpc) is 2.42. The maximum atomic E-state index is 12.7. The smallest absolute Gasteiger partial charge is 0.393 e. The van der Waals surface area contributed by atoms with Gasteiger partial charge in [-0.1, -0.05) is 6.92 Å². The Labute approximate surface area is 121 Å². The molecule has 1 aliphatic rings. The first-order valence-corrected chi connectivity index (χ1v) is 7.00. The van der Waals surface area contributed by atoms with Crippen LogP contribution < -0.4 is 0 Å². The number of halogens is 3. The third-order valence-corrected chi connectivity index (χ3v) is 3.72. The molecule has 0 radical (unpaired) electrons. The molecule has 0 aromatic carbocycles. The predicted molar refractivity (Wildman–Crippen MR) is 69.8 cm³/mol. The number of hydrogen-bond acceptors (Lipinski definition) is 2. The lowest BCUT2D eigenvalue weighted by Crippen LogP contribution is -2.51. The van der Waals surface area contributed by atoms with Crippen molar-refractivity contribution in [3.8, 4) is 0 Å². The van der Waals surface area contributed by atoms with Crippen molar-refractivity contribution in [3.05, 3.63) is 0 Å². The van der Waals surface area contributed by atoms with Gasteiger partial charge in [-0.25, -0.2) is 4.79 Å². The first kappa shape index (κ1) is 17.6. The molecule has 122 valence electrons. The van der Waals surface area contributed by atoms with Crippen LogP contribution in [0.5, 0.6) is 0 Å². The highest BCUT2D eigenvalue weighted by molar-refractivity contribution is 5.76. The van der Waals surface area contributed by atoms with Crippen LogP contribution in [0.25, 0.3) is 0 Å². The number of nitrogens with zero attached hydrogens (tertiary/aromatic N) is 2. The molecule has 0 saturated carbocycles. The van der Waals surface area contributed by atoms with Crippen molar-refractivity contribution >= 4 is 12.0 Å². The molecule has 21 heavy (non-hydrogen) atoms. The van der Waals surface area contributed by atoms with Crippen molar-refractivity contribution in [1.29, 1.82) is 0 Å². The van der Waals surface area contributed by atoms with Crippen LogP contribution in [0.3, 0.4) is 0 Å². The summed E-state index contributed by atoms with van der Waals surface area (Å²) >= 11 is 0. The summed E-state index contributed by atoms with van der Waals surface area (Å²) in [6, 6.07) is -0.514. The minimum Gasteiger partial charge on any atom is -0.481 e. The largest absolute Gasteiger partial charge is 0.481 e. The van der Waals surface area contributed by atoms with Gasteiger partial charge in [0.1, 0.15) is 0 Å². The number of rotatable bonds is 4. The van der Waals surface area contributed by atoms with Gasteiger partial charge >= 0.3 is 18.2 Å². The van der Waals surface area contributed by atoms with E-state index in [-0.39, 0.29) is 32.6 Å². The molecular weight excluding hydrogens is 289 g/mol. The molecule has 0 spiro atoms. The summed E-state index contributed by atoms with van der Waals surface area (Å²) in [5.41, 5.74) is 0. The van der Waals surface area contributed by atoms with E-state index < -0.39 is 30.0 Å². The van der Waals surface area contributed by atoms with E-state index in [1.165, 1.54) is 16.7 Å². The van der Waals surface area contributed by atoms with E-state index in [1.807, 2.05) is 0 Å². The molecule has 0 aromatic rings. The fourth-order valence-corrected chi connectivity index (χ4v) is 2.37. The number of urea groups is 1. The van der Waals surface area contributed by atoms with E-state index in [2.05, 4.69) is 0 Å². The molecule has 8 heteroatoms. The van der Waals surface area contributed by atoms with Crippen molar-refractivity contribution in [2.45, 2.75) is 32.9 Å². The van der Waals surface area contributed by atoms with E-state index >= 15 is 0 Å². The average molecular weight is 310 g/mol. The fourth-order valence-electron chi connectivity index (χ4n) is 2.37. The zero-order valence-electron chi connectivity index (χ0n) is 12.2. The predicted octanol–water partition coefficient (Wildman–Crippen LogP) is 2.42. The van der Waals surface area contributed by atoms with Gasteiger partial charge in [0.05, 0.1) is 11.8 Å². The maximum Gasteiger partial charge on any atom is 0.393 e. The Balaban J connectivity index is 2.69. The van der Waals surface area contributed by atoms with Gasteiger partial charge < -0.3 is 14.9 Å². The van der Waals surface area contributed by atoms with Crippen molar-refractivity contribution in [1.82, 2.24) is 9.80 Å². The van der Waals surface area contributed by atoms with Crippen LogP contribution in [-0.4, -0.2) is 59.3 Å². The number of carbonyl (C=O) groups is 2. The number of piperidine rings is 1. The van der Waals surface area contributed by atoms with Gasteiger partial charge in [0.2, 0.25) is 0 Å². The molecule has 5 nitrogen and oxygen atoms in total. The minimum absolute atomic E-state index is 0.00213. The van der Waals surface area contributed by atoms with Gasteiger partial charge in [0, 0.05) is 26.2 Å². The summed E-state index contributed by atoms with van der Waals surface area (Å²) in [7, 11) is 0. The second-order valence-electron chi connectivity index (χ2n) is 5.39. The van der Waals surface area contributed by atoms with E-state index in [4.69, 9.17) is 5.11 Å². The number of alkyl halides is 3. The third kappa shape index (κ3) is 4.78. The number of aliphatic carboxylic acids is 1. The molecule has 1 aliphatic heterocycles. The van der Waals surface area contributed by atoms with E-state index in [1.54, 1.807) is 6.92 Å². The maximum absolute atomic E-state index is 12.7. The molecule has 1 saturated heterocycles. The van der Waals surface area contributed by atoms with Gasteiger partial charge in [-0.05, 0) is 19.8 Å². The molecule has 0 aliphatic carbocycles. The van der Waals surface area contributed by atoms with Gasteiger partial charge in [0.25, 0.3) is 0 Å². The molecule has 1 heterocycles. The zero-order chi connectivity index (χ0) is 16.2. The van der Waals surface area contributed by atoms with Crippen molar-refractivity contribution in [3.63, 3.8) is 0 Å². The Bertz CT molecular complexity index is 387. The lowest BCUT2D eigenvalue weighted by molar-refractivity contribution is -0.184. The van der Waals surface area contributed by atoms with Crippen LogP contribution in [0.15, 0.2) is 0 Å². The summed E-state index contributed by atoms with van der Waals surface area (Å²) in [6.45, 7) is 3.34. The lowest BCUT2D eigenvalue weighted by Gasteiger charge is -2.37. The first-order chi connectivity index (χ1) is 9.66. The van der Waals surface area contributed by atoms with Crippen molar-refractivity contribution < 1.29 is 27.9 Å². The monoisotopic (exact) mass is 310 g/mol. The molecular formula is C13H21F3N2O3. The van der Waals surface area contributed by atoms with Gasteiger partial charge in [0.15, 0.2) is 0 Å². The quantitative estimate of drug-likeness (QED) is 0.867. The molecule has 2 unspecified atom stereocenters. The topological polar surface area (TPSA) is 60.9 Å². The second-order valence-corrected chi connectivity index (χ2v) is 5.39. The SMILES string of the molecule is CCN(CC(C)C(=O)O)C(=O)N1CCCC(C(F)(F)F)C1. The number of carbonyl (C=O) groups excluding carboxylic acids is 1. The molecule has 2 amide bonds. The third-order valence-electron chi connectivity index (χ3n) is 3.72. The zero-order valence-corrected chi connectivity index (χ0v) is 12.2. The Morgan fingerprint density at radius 1 is 1.43 bits per heavy atom. The van der Waals surface area contributed by atoms with Crippen LogP contribution in [0.1, 0.15) is 26.7 Å². The van der Waals surface area contributed by atoms with Crippen LogP contribution in [0.2, 0.25) is 0 Å². The molecule has 0 bridgehead atoms. The highest BCUT2D eigenvalue weighted by atomic mass is 19.4. The van der Waals surface area contributed by atoms with Gasteiger partial charge in [-0.15, -0.1) is 0 Å². The summed E-state index contributed by atoms with van der Waals surface area (Å²) in [4.78, 5) is 25.6. The van der Waals surface area contributed by atoms with Crippen LogP contribution in [0.4, 0.5) is 18.0 Å². The summed E-state index contributed by atoms with van der Waals surface area (Å²) in [6.07, 6.45) is -3.96. The highest BCUT2D eigenvalue weighted by Gasteiger charge is 2.43. The normalized spacial score (nSPS) is 21.0. The molecule has 1 N–H and O–H groups in total. The van der Waals surface area contributed by atoms with Gasteiger partial charge in [-0.3, -0.25) is 4.79 Å². The van der Waals surface area contributed by atoms with E-state index in [9.17, 15) is 22.8 Å². The summed E-state index contributed by atoms with van der Waals surface area (Å²) in [5, 5.41) is 8.87. The number of amides is 2. The number of hydrogen-bond donors (Lipinski definition) is 1. The number of carboxylic acid groups (broad SMARTS) is 1. The molecule has 1 fully saturated rings. The lowest BCUT2D eigenvalue weighted by atomic mass is 9.98. The van der Waals surface area contributed by atoms with Gasteiger partial charge in [-0.2, -0.15) is 13.2 Å². The van der Waals surface area contributed by atoms with E-state index in [0.717, 1.165) is 0 Å². The minimum atomic E-state index is -4.30. The van der Waals surface area contributed by atoms with Crippen LogP contribution in [-0.2, 0) is 4.79 Å². The second kappa shape index (κ2) is 7.00. The molecule has 1 rings (SSSR count). The van der Waals surface area contributed by atoms with Crippen LogP contribution >= 0.6 is 0 Å². The number of likely N-dealkylation sites (tertiary alicyclic amines) is 1. The van der Waals surface area contributed by atoms with E-state index in [0.29, 0.717) is 6.42 Å². The highest BCUT2D eigenvalue weighted by Crippen LogP contribution is 2.33. The van der Waals surface area contributed by atoms with Crippen molar-refractivity contribution in [2.24, 2.45) is 11.8 Å². The Morgan fingerprint density at radius 2 is 2.05 bits per heavy atom. The first-order valence-electron chi connectivity index (χ1n) is 7.00. The molecule has 2 atom stereocenters. The molecule has 0 aromatic heterocycles. The Hall–Kier alpha value is -1.47. The summed E-state index contributed by atoms with van der Waals surface area (Å²) < 4.78 is 38.2. The Morgan fingerprint density at radius 3 is 2.52 bits per heavy atom. The standard InChI is InChI=1S/C13H21F3N2O3/c1-3-17(7-9(2)11(19)20)12(21)18-6-4-5-10(8-18)13(14,15)16/h9-10H,3-8H2,1-2H3,(H,19,20).